The number of thiophene rings is 1. The summed E-state index contributed by atoms with van der Waals surface area (Å²) in [7, 11) is -3.62. The van der Waals surface area contributed by atoms with Crippen LogP contribution in [0.4, 0.5) is 5.69 Å². The minimum atomic E-state index is -3.62. The molecule has 1 saturated carbocycles. The van der Waals surface area contributed by atoms with Crippen molar-refractivity contribution in [3.05, 3.63) is 45.8 Å². The Kier molecular flexibility index (Phi) is 4.31. The van der Waals surface area contributed by atoms with Gasteiger partial charge in [0.25, 0.3) is 10.0 Å². The lowest BCUT2D eigenvalue weighted by Gasteiger charge is -2.26. The molecule has 26 heavy (non-hydrogen) atoms. The Morgan fingerprint density at radius 2 is 2.00 bits per heavy atom. The maximum atomic E-state index is 12.8. The van der Waals surface area contributed by atoms with Gasteiger partial charge in [0.2, 0.25) is 5.91 Å². The molecule has 0 bridgehead atoms. The van der Waals surface area contributed by atoms with E-state index in [-0.39, 0.29) is 11.8 Å². The predicted octanol–water partition coefficient (Wildman–Crippen LogP) is 3.46. The van der Waals surface area contributed by atoms with E-state index < -0.39 is 10.0 Å². The smallest absolute Gasteiger partial charge is 0.271 e. The zero-order valence-electron chi connectivity index (χ0n) is 14.9. The normalized spacial score (nSPS) is 17.1. The average Bonchev–Trinajstić information content (AvgIpc) is 3.35. The lowest BCUT2D eigenvalue weighted by atomic mass is 10.1. The van der Waals surface area contributed by atoms with Crippen LogP contribution in [0.1, 0.15) is 34.4 Å². The topological polar surface area (TPSA) is 66.5 Å². The van der Waals surface area contributed by atoms with Gasteiger partial charge in [0, 0.05) is 23.9 Å². The van der Waals surface area contributed by atoms with Gasteiger partial charge in [-0.05, 0) is 61.9 Å². The van der Waals surface area contributed by atoms with E-state index in [2.05, 4.69) is 4.72 Å². The number of rotatable bonds is 4. The molecule has 4 rings (SSSR count). The molecule has 1 fully saturated rings. The summed E-state index contributed by atoms with van der Waals surface area (Å²) in [6, 6.07) is 7.45. The van der Waals surface area contributed by atoms with Crippen LogP contribution >= 0.6 is 11.3 Å². The number of aryl methyl sites for hydroxylation is 2. The molecular formula is C19H22N2O3S2. The van der Waals surface area contributed by atoms with Gasteiger partial charge in [-0.15, -0.1) is 11.3 Å². The first-order valence-corrected chi connectivity index (χ1v) is 11.1. The van der Waals surface area contributed by atoms with Crippen LogP contribution in [0.2, 0.25) is 0 Å². The fourth-order valence-electron chi connectivity index (χ4n) is 3.26. The van der Waals surface area contributed by atoms with E-state index in [0.29, 0.717) is 23.0 Å². The molecule has 138 valence electrons. The summed E-state index contributed by atoms with van der Waals surface area (Å²) in [5.74, 6) is 0.420. The summed E-state index contributed by atoms with van der Waals surface area (Å²) in [6.07, 6.45) is 2.72. The molecule has 7 heteroatoms. The highest BCUT2D eigenvalue weighted by atomic mass is 32.2. The van der Waals surface area contributed by atoms with E-state index in [9.17, 15) is 13.2 Å². The Balaban J connectivity index is 1.57. The second-order valence-electron chi connectivity index (χ2n) is 7.22. The van der Waals surface area contributed by atoms with E-state index in [4.69, 9.17) is 0 Å². The molecule has 2 aliphatic rings. The lowest BCUT2D eigenvalue weighted by Crippen LogP contribution is -2.36. The molecule has 1 aromatic carbocycles. The van der Waals surface area contributed by atoms with Crippen molar-refractivity contribution in [3.63, 3.8) is 0 Å². The van der Waals surface area contributed by atoms with Gasteiger partial charge < -0.3 is 4.90 Å². The number of carbonyl (C=O) groups excluding carboxylic acids is 1. The van der Waals surface area contributed by atoms with E-state index in [1.54, 1.807) is 6.07 Å². The summed E-state index contributed by atoms with van der Waals surface area (Å²) in [5.41, 5.74) is 3.48. The predicted molar refractivity (Wildman–Crippen MR) is 103 cm³/mol. The SMILES string of the molecule is Cc1ccc(C)c(NS(=O)(=O)c2cc3c(s2)CCN(C(=O)C2CC2)C3)c1. The van der Waals surface area contributed by atoms with Gasteiger partial charge in [-0.3, -0.25) is 9.52 Å². The minimum absolute atomic E-state index is 0.198. The van der Waals surface area contributed by atoms with Gasteiger partial charge >= 0.3 is 0 Å². The third-order valence-corrected chi connectivity index (χ3v) is 8.06. The molecule has 5 nitrogen and oxygen atoms in total. The van der Waals surface area contributed by atoms with Crippen LogP contribution in [0.15, 0.2) is 28.5 Å². The van der Waals surface area contributed by atoms with Crippen molar-refractivity contribution < 1.29 is 13.2 Å². The molecule has 0 atom stereocenters. The number of benzene rings is 1. The van der Waals surface area contributed by atoms with E-state index in [0.717, 1.165) is 40.8 Å². The summed E-state index contributed by atoms with van der Waals surface area (Å²) in [5, 5.41) is 0. The van der Waals surface area contributed by atoms with Gasteiger partial charge in [0.15, 0.2) is 0 Å². The molecule has 1 N–H and O–H groups in total. The van der Waals surface area contributed by atoms with Gasteiger partial charge in [-0.25, -0.2) is 8.42 Å². The first-order valence-electron chi connectivity index (χ1n) is 8.84. The van der Waals surface area contributed by atoms with E-state index >= 15 is 0 Å². The van der Waals surface area contributed by atoms with Gasteiger partial charge in [-0.1, -0.05) is 12.1 Å². The fraction of sp³-hybridized carbons (Fsp3) is 0.421. The quantitative estimate of drug-likeness (QED) is 0.869. The third kappa shape index (κ3) is 3.38. The molecule has 0 saturated heterocycles. The number of hydrogen-bond donors (Lipinski definition) is 1. The molecule has 1 aromatic heterocycles. The Hall–Kier alpha value is -1.86. The first-order chi connectivity index (χ1) is 12.3. The van der Waals surface area contributed by atoms with Crippen LogP contribution in [0, 0.1) is 19.8 Å². The molecule has 1 amide bonds. The zero-order chi connectivity index (χ0) is 18.5. The molecule has 1 aliphatic carbocycles. The van der Waals surface area contributed by atoms with Crippen LogP contribution in [0.25, 0.3) is 0 Å². The van der Waals surface area contributed by atoms with Crippen molar-refractivity contribution in [2.75, 3.05) is 11.3 Å². The van der Waals surface area contributed by atoms with Crippen molar-refractivity contribution in [2.24, 2.45) is 5.92 Å². The maximum Gasteiger partial charge on any atom is 0.271 e. The minimum Gasteiger partial charge on any atom is -0.338 e. The lowest BCUT2D eigenvalue weighted by molar-refractivity contribution is -0.133. The number of carbonyl (C=O) groups is 1. The highest BCUT2D eigenvalue weighted by Gasteiger charge is 2.35. The van der Waals surface area contributed by atoms with Gasteiger partial charge in [0.05, 0.1) is 5.69 Å². The van der Waals surface area contributed by atoms with Crippen LogP contribution < -0.4 is 4.72 Å². The molecule has 0 radical (unpaired) electrons. The molecular weight excluding hydrogens is 368 g/mol. The first kappa shape index (κ1) is 17.5. The summed E-state index contributed by atoms with van der Waals surface area (Å²) < 4.78 is 28.7. The fourth-order valence-corrected chi connectivity index (χ4v) is 5.92. The molecule has 2 aromatic rings. The van der Waals surface area contributed by atoms with Gasteiger partial charge in [0.1, 0.15) is 4.21 Å². The highest BCUT2D eigenvalue weighted by molar-refractivity contribution is 7.94. The van der Waals surface area contributed by atoms with Crippen molar-refractivity contribution in [1.82, 2.24) is 4.90 Å². The summed E-state index contributed by atoms with van der Waals surface area (Å²) in [6.45, 7) is 5.04. The van der Waals surface area contributed by atoms with Crippen LogP contribution in [0.3, 0.4) is 0 Å². The van der Waals surface area contributed by atoms with Gasteiger partial charge in [-0.2, -0.15) is 0 Å². The number of fused-ring (bicyclic) bond motifs is 1. The second kappa shape index (κ2) is 6.39. The number of hydrogen-bond acceptors (Lipinski definition) is 4. The zero-order valence-corrected chi connectivity index (χ0v) is 16.5. The Morgan fingerprint density at radius 1 is 1.23 bits per heavy atom. The highest BCUT2D eigenvalue weighted by Crippen LogP contribution is 2.36. The van der Waals surface area contributed by atoms with E-state index in [1.165, 1.54) is 11.3 Å². The largest absolute Gasteiger partial charge is 0.338 e. The van der Waals surface area contributed by atoms with E-state index in [1.807, 2.05) is 36.9 Å². The number of nitrogens with zero attached hydrogens (tertiary/aromatic N) is 1. The maximum absolute atomic E-state index is 12.8. The number of sulfonamides is 1. The van der Waals surface area contributed by atoms with Crippen LogP contribution in [-0.4, -0.2) is 25.8 Å². The number of nitrogens with one attached hydrogen (secondary N) is 1. The second-order valence-corrected chi connectivity index (χ2v) is 10.3. The van der Waals surface area contributed by atoms with Crippen molar-refractivity contribution in [2.45, 2.75) is 43.9 Å². The molecule has 1 aliphatic heterocycles. The third-order valence-electron chi connectivity index (χ3n) is 4.98. The number of amides is 1. The van der Waals surface area contributed by atoms with Crippen molar-refractivity contribution >= 4 is 33.0 Å². The Bertz CT molecular complexity index is 975. The summed E-state index contributed by atoms with van der Waals surface area (Å²) >= 11 is 1.32. The standard InChI is InChI=1S/C19H22N2O3S2/c1-12-3-4-13(2)16(9-12)20-26(23,24)18-10-15-11-21(8-7-17(15)25-18)19(22)14-5-6-14/h3-4,9-10,14,20H,5-8,11H2,1-2H3. The molecule has 0 spiro atoms. The van der Waals surface area contributed by atoms with Crippen molar-refractivity contribution in [1.29, 1.82) is 0 Å². The molecule has 2 heterocycles. The molecule has 0 unspecified atom stereocenters. The average molecular weight is 391 g/mol. The monoisotopic (exact) mass is 390 g/mol. The Morgan fingerprint density at radius 3 is 2.73 bits per heavy atom. The number of anilines is 1. The summed E-state index contributed by atoms with van der Waals surface area (Å²) in [4.78, 5) is 15.2. The van der Waals surface area contributed by atoms with Crippen LogP contribution in [-0.2, 0) is 27.8 Å². The van der Waals surface area contributed by atoms with Crippen molar-refractivity contribution in [3.8, 4) is 0 Å². The van der Waals surface area contributed by atoms with Crippen LogP contribution in [0.5, 0.6) is 0 Å². The Labute approximate surface area is 158 Å².